The fraction of sp³-hybridized carbons (Fsp3) is 0.588. The zero-order valence-corrected chi connectivity index (χ0v) is 12.3. The van der Waals surface area contributed by atoms with Crippen molar-refractivity contribution in [2.45, 2.75) is 51.1 Å². The Hall–Kier alpha value is -1.35. The molecular weight excluding hydrogens is 248 g/mol. The summed E-state index contributed by atoms with van der Waals surface area (Å²) in [5.41, 5.74) is 2.51. The Kier molecular flexibility index (Phi) is 4.06. The van der Waals surface area contributed by atoms with Gasteiger partial charge in [0.25, 0.3) is 0 Å². The number of carbonyl (C=O) groups excluding carboxylic acids is 1. The van der Waals surface area contributed by atoms with E-state index in [-0.39, 0.29) is 5.92 Å². The molecule has 0 spiro atoms. The first-order chi connectivity index (χ1) is 9.77. The predicted octanol–water partition coefficient (Wildman–Crippen LogP) is 2.66. The highest BCUT2D eigenvalue weighted by Gasteiger charge is 2.32. The summed E-state index contributed by atoms with van der Waals surface area (Å²) < 4.78 is 0. The van der Waals surface area contributed by atoms with E-state index in [0.29, 0.717) is 11.9 Å². The third-order valence-electron chi connectivity index (χ3n) is 4.73. The summed E-state index contributed by atoms with van der Waals surface area (Å²) in [5, 5.41) is 3.39. The van der Waals surface area contributed by atoms with Crippen molar-refractivity contribution in [2.75, 3.05) is 13.1 Å². The van der Waals surface area contributed by atoms with E-state index in [1.807, 2.05) is 0 Å². The Morgan fingerprint density at radius 3 is 3.00 bits per heavy atom. The summed E-state index contributed by atoms with van der Waals surface area (Å²) in [6.45, 7) is 4.79. The first-order valence-electron chi connectivity index (χ1n) is 7.86. The predicted molar refractivity (Wildman–Crippen MR) is 80.5 cm³/mol. The first kappa shape index (κ1) is 13.6. The van der Waals surface area contributed by atoms with Crippen LogP contribution >= 0.6 is 0 Å². The van der Waals surface area contributed by atoms with Crippen LogP contribution in [0.1, 0.15) is 49.7 Å². The topological polar surface area (TPSA) is 32.3 Å². The van der Waals surface area contributed by atoms with E-state index in [2.05, 4.69) is 41.4 Å². The number of nitrogens with zero attached hydrogens (tertiary/aromatic N) is 1. The average molecular weight is 272 g/mol. The van der Waals surface area contributed by atoms with Crippen molar-refractivity contribution in [1.82, 2.24) is 10.2 Å². The second-order valence-electron chi connectivity index (χ2n) is 6.11. The molecule has 1 amide bonds. The molecule has 0 saturated carbocycles. The summed E-state index contributed by atoms with van der Waals surface area (Å²) in [5.74, 6) is 0.319. The molecule has 1 N–H and O–H groups in total. The maximum Gasteiger partial charge on any atom is 0.231 e. The largest absolute Gasteiger partial charge is 0.339 e. The smallest absolute Gasteiger partial charge is 0.231 e. The van der Waals surface area contributed by atoms with E-state index in [9.17, 15) is 4.79 Å². The van der Waals surface area contributed by atoms with Gasteiger partial charge in [0, 0.05) is 25.7 Å². The molecule has 1 fully saturated rings. The van der Waals surface area contributed by atoms with Crippen molar-refractivity contribution >= 4 is 5.91 Å². The van der Waals surface area contributed by atoms with E-state index in [1.165, 1.54) is 24.0 Å². The van der Waals surface area contributed by atoms with Gasteiger partial charge in [-0.3, -0.25) is 4.79 Å². The van der Waals surface area contributed by atoms with Crippen LogP contribution in [0.4, 0.5) is 0 Å². The van der Waals surface area contributed by atoms with Crippen molar-refractivity contribution in [3.8, 4) is 0 Å². The molecule has 0 radical (unpaired) electrons. The maximum atomic E-state index is 13.0. The molecule has 20 heavy (non-hydrogen) atoms. The van der Waals surface area contributed by atoms with Gasteiger partial charge in [-0.15, -0.1) is 0 Å². The van der Waals surface area contributed by atoms with E-state index in [1.54, 1.807) is 0 Å². The van der Waals surface area contributed by atoms with Crippen LogP contribution < -0.4 is 5.32 Å². The summed E-state index contributed by atoms with van der Waals surface area (Å²) in [6.07, 6.45) is 4.81. The fourth-order valence-corrected chi connectivity index (χ4v) is 3.52. The van der Waals surface area contributed by atoms with Gasteiger partial charge in [0.15, 0.2) is 0 Å². The quantitative estimate of drug-likeness (QED) is 0.852. The summed E-state index contributed by atoms with van der Waals surface area (Å²) >= 11 is 0. The molecule has 2 aliphatic heterocycles. The molecule has 0 aliphatic carbocycles. The normalized spacial score (nSPS) is 26.8. The highest BCUT2D eigenvalue weighted by molar-refractivity contribution is 5.85. The van der Waals surface area contributed by atoms with Crippen LogP contribution in [-0.4, -0.2) is 29.9 Å². The lowest BCUT2D eigenvalue weighted by Crippen LogP contribution is -2.45. The van der Waals surface area contributed by atoms with Gasteiger partial charge in [-0.1, -0.05) is 37.1 Å². The number of nitrogens with one attached hydrogen (secondary N) is 1. The van der Waals surface area contributed by atoms with E-state index in [4.69, 9.17) is 0 Å². The van der Waals surface area contributed by atoms with Crippen LogP contribution in [0.15, 0.2) is 24.3 Å². The SMILES string of the molecule is CC1CCCCCN1C(=O)C1CNCc2ccccc21. The Morgan fingerprint density at radius 1 is 1.25 bits per heavy atom. The molecule has 0 aromatic heterocycles. The van der Waals surface area contributed by atoms with Gasteiger partial charge in [-0.25, -0.2) is 0 Å². The molecule has 1 aromatic carbocycles. The molecule has 2 unspecified atom stereocenters. The van der Waals surface area contributed by atoms with Crippen LogP contribution in [0.25, 0.3) is 0 Å². The third-order valence-corrected chi connectivity index (χ3v) is 4.73. The minimum absolute atomic E-state index is 0.000463. The van der Waals surface area contributed by atoms with Gasteiger partial charge in [0.05, 0.1) is 5.92 Å². The van der Waals surface area contributed by atoms with Crippen molar-refractivity contribution in [3.05, 3.63) is 35.4 Å². The number of rotatable bonds is 1. The minimum Gasteiger partial charge on any atom is -0.339 e. The monoisotopic (exact) mass is 272 g/mol. The minimum atomic E-state index is 0.000463. The van der Waals surface area contributed by atoms with Crippen molar-refractivity contribution in [1.29, 1.82) is 0 Å². The van der Waals surface area contributed by atoms with Crippen LogP contribution in [0, 0.1) is 0 Å². The zero-order valence-electron chi connectivity index (χ0n) is 12.3. The molecule has 108 valence electrons. The second kappa shape index (κ2) is 5.96. The average Bonchev–Trinajstić information content (AvgIpc) is 2.70. The number of likely N-dealkylation sites (tertiary alicyclic amines) is 1. The van der Waals surface area contributed by atoms with Crippen molar-refractivity contribution in [3.63, 3.8) is 0 Å². The number of amides is 1. The Bertz CT molecular complexity index is 486. The highest BCUT2D eigenvalue weighted by atomic mass is 16.2. The molecular formula is C17H24N2O. The van der Waals surface area contributed by atoms with Crippen molar-refractivity contribution in [2.24, 2.45) is 0 Å². The molecule has 1 saturated heterocycles. The van der Waals surface area contributed by atoms with Gasteiger partial charge < -0.3 is 10.2 Å². The lowest BCUT2D eigenvalue weighted by atomic mass is 9.89. The van der Waals surface area contributed by atoms with Crippen LogP contribution in [0.2, 0.25) is 0 Å². The Balaban J connectivity index is 1.84. The summed E-state index contributed by atoms with van der Waals surface area (Å²) in [6, 6.07) is 8.76. The third kappa shape index (κ3) is 2.59. The summed E-state index contributed by atoms with van der Waals surface area (Å²) in [7, 11) is 0. The summed E-state index contributed by atoms with van der Waals surface area (Å²) in [4.78, 5) is 15.1. The lowest BCUT2D eigenvalue weighted by molar-refractivity contribution is -0.134. The lowest BCUT2D eigenvalue weighted by Gasteiger charge is -2.34. The molecule has 0 bridgehead atoms. The molecule has 3 heteroatoms. The van der Waals surface area contributed by atoms with Crippen molar-refractivity contribution < 1.29 is 4.79 Å². The van der Waals surface area contributed by atoms with Gasteiger partial charge in [0.2, 0.25) is 5.91 Å². The molecule has 2 atom stereocenters. The van der Waals surface area contributed by atoms with Gasteiger partial charge in [-0.05, 0) is 30.9 Å². The molecule has 3 nitrogen and oxygen atoms in total. The van der Waals surface area contributed by atoms with Crippen LogP contribution in [0.5, 0.6) is 0 Å². The van der Waals surface area contributed by atoms with E-state index < -0.39 is 0 Å². The molecule has 2 heterocycles. The highest BCUT2D eigenvalue weighted by Crippen LogP contribution is 2.28. The Labute approximate surface area is 121 Å². The molecule has 1 aromatic rings. The zero-order chi connectivity index (χ0) is 13.9. The molecule has 3 rings (SSSR count). The van der Waals surface area contributed by atoms with E-state index in [0.717, 1.165) is 32.5 Å². The number of hydrogen-bond acceptors (Lipinski definition) is 2. The first-order valence-corrected chi connectivity index (χ1v) is 7.86. The van der Waals surface area contributed by atoms with Crippen LogP contribution in [-0.2, 0) is 11.3 Å². The Morgan fingerprint density at radius 2 is 2.10 bits per heavy atom. The number of carbonyl (C=O) groups is 1. The number of benzene rings is 1. The van der Waals surface area contributed by atoms with E-state index >= 15 is 0 Å². The second-order valence-corrected chi connectivity index (χ2v) is 6.11. The number of fused-ring (bicyclic) bond motifs is 1. The van der Waals surface area contributed by atoms with Gasteiger partial charge >= 0.3 is 0 Å². The number of hydrogen-bond donors (Lipinski definition) is 1. The van der Waals surface area contributed by atoms with Crippen LogP contribution in [0.3, 0.4) is 0 Å². The fourth-order valence-electron chi connectivity index (χ4n) is 3.52. The standard InChI is InChI=1S/C17H24N2O/c1-13-7-3-2-6-10-19(13)17(20)16-12-18-11-14-8-4-5-9-15(14)16/h4-5,8-9,13,16,18H,2-3,6-7,10-12H2,1H3. The van der Waals surface area contributed by atoms with Gasteiger partial charge in [0.1, 0.15) is 0 Å². The maximum absolute atomic E-state index is 13.0. The van der Waals surface area contributed by atoms with Gasteiger partial charge in [-0.2, -0.15) is 0 Å². The molecule has 2 aliphatic rings.